The molecule has 0 saturated heterocycles. The Morgan fingerprint density at radius 1 is 0.976 bits per heavy atom. The molecule has 0 fully saturated rings. The van der Waals surface area contributed by atoms with Crippen LogP contribution < -0.4 is 20.1 Å². The molecule has 1 aromatic heterocycles. The highest BCUT2D eigenvalue weighted by atomic mass is 19.1. The summed E-state index contributed by atoms with van der Waals surface area (Å²) in [6, 6.07) is 17.1. The van der Waals surface area contributed by atoms with Crippen LogP contribution in [0, 0.1) is 11.6 Å². The van der Waals surface area contributed by atoms with E-state index in [0.717, 1.165) is 17.7 Å². The predicted molar refractivity (Wildman–Crippen MR) is 155 cm³/mol. The second-order valence-corrected chi connectivity index (χ2v) is 10.1. The molecule has 0 spiro atoms. The van der Waals surface area contributed by atoms with E-state index in [1.807, 2.05) is 19.9 Å². The van der Waals surface area contributed by atoms with Crippen molar-refractivity contribution in [1.29, 1.82) is 0 Å². The quantitative estimate of drug-likeness (QED) is 0.253. The van der Waals surface area contributed by atoms with Gasteiger partial charge in [-0.2, -0.15) is 0 Å². The molecule has 8 nitrogen and oxygen atoms in total. The summed E-state index contributed by atoms with van der Waals surface area (Å²) in [7, 11) is 3.09. The second-order valence-electron chi connectivity index (χ2n) is 10.1. The molecule has 1 aliphatic heterocycles. The molecule has 0 radical (unpaired) electrons. The molecule has 10 heteroatoms. The van der Waals surface area contributed by atoms with E-state index < -0.39 is 11.6 Å². The van der Waals surface area contributed by atoms with E-state index in [4.69, 9.17) is 9.47 Å². The summed E-state index contributed by atoms with van der Waals surface area (Å²) < 4.78 is 40.4. The summed E-state index contributed by atoms with van der Waals surface area (Å²) >= 11 is 0. The van der Waals surface area contributed by atoms with Crippen molar-refractivity contribution in [2.45, 2.75) is 33.0 Å². The standard InChI is InChI=1S/C32H30F2N4O4/c1-18(2)35-31(39)19-8-11-21(12-9-19)36-26-15-25(29-23(33)6-5-7-24(29)34)37-27-17-38(32(40)30(26)27)16-20-10-13-22(41-3)14-28(20)42-4/h5-15,18H,16-17H2,1-4H3,(H,35,39)(H,36,37). The predicted octanol–water partition coefficient (Wildman–Crippen LogP) is 6.08. The summed E-state index contributed by atoms with van der Waals surface area (Å²) in [6.07, 6.45) is 0. The molecule has 0 aliphatic carbocycles. The monoisotopic (exact) mass is 572 g/mol. The molecule has 2 amide bonds. The van der Waals surface area contributed by atoms with Crippen LogP contribution >= 0.6 is 0 Å². The van der Waals surface area contributed by atoms with Gasteiger partial charge in [0.05, 0.1) is 55.5 Å². The summed E-state index contributed by atoms with van der Waals surface area (Å²) in [4.78, 5) is 32.2. The number of amides is 2. The van der Waals surface area contributed by atoms with E-state index in [9.17, 15) is 18.4 Å². The Hall–Kier alpha value is -4.99. The van der Waals surface area contributed by atoms with Crippen LogP contribution in [0.1, 0.15) is 45.8 Å². The maximum absolute atomic E-state index is 14.8. The van der Waals surface area contributed by atoms with Crippen LogP contribution in [0.15, 0.2) is 66.7 Å². The SMILES string of the molecule is COc1ccc(CN2Cc3nc(-c4c(F)cccc4F)cc(Nc4ccc(C(=O)NC(C)C)cc4)c3C2=O)c(OC)c1. The van der Waals surface area contributed by atoms with Crippen molar-refractivity contribution in [3.8, 4) is 22.8 Å². The average molecular weight is 573 g/mol. The molecule has 2 heterocycles. The van der Waals surface area contributed by atoms with Crippen molar-refractivity contribution in [3.05, 3.63) is 101 Å². The van der Waals surface area contributed by atoms with Crippen LogP contribution in [0.3, 0.4) is 0 Å². The van der Waals surface area contributed by atoms with Crippen molar-refractivity contribution in [2.24, 2.45) is 0 Å². The zero-order valence-corrected chi connectivity index (χ0v) is 23.6. The second kappa shape index (κ2) is 11.9. The Morgan fingerprint density at radius 3 is 2.33 bits per heavy atom. The normalized spacial score (nSPS) is 12.4. The zero-order valence-electron chi connectivity index (χ0n) is 23.6. The minimum atomic E-state index is -0.766. The largest absolute Gasteiger partial charge is 0.497 e. The fourth-order valence-corrected chi connectivity index (χ4v) is 4.85. The number of rotatable bonds is 9. The van der Waals surface area contributed by atoms with Crippen LogP contribution in [0.2, 0.25) is 0 Å². The Labute approximate surface area is 242 Å². The third-order valence-corrected chi connectivity index (χ3v) is 6.86. The average Bonchev–Trinajstić information content (AvgIpc) is 3.28. The van der Waals surface area contributed by atoms with Crippen LogP contribution in [0.5, 0.6) is 11.5 Å². The number of nitrogens with one attached hydrogen (secondary N) is 2. The van der Waals surface area contributed by atoms with Gasteiger partial charge in [0, 0.05) is 28.9 Å². The van der Waals surface area contributed by atoms with E-state index in [1.54, 1.807) is 48.4 Å². The number of fused-ring (bicyclic) bond motifs is 1. The number of nitrogens with zero attached hydrogens (tertiary/aromatic N) is 2. The maximum Gasteiger partial charge on any atom is 0.258 e. The van der Waals surface area contributed by atoms with Gasteiger partial charge in [-0.3, -0.25) is 9.59 Å². The number of carbonyl (C=O) groups excluding carboxylic acids is 2. The molecule has 5 rings (SSSR count). The van der Waals surface area contributed by atoms with Crippen molar-refractivity contribution in [2.75, 3.05) is 19.5 Å². The number of benzene rings is 3. The van der Waals surface area contributed by atoms with Gasteiger partial charge >= 0.3 is 0 Å². The van der Waals surface area contributed by atoms with E-state index in [0.29, 0.717) is 39.7 Å². The molecule has 4 aromatic rings. The maximum atomic E-state index is 14.8. The Morgan fingerprint density at radius 2 is 1.69 bits per heavy atom. The first-order valence-electron chi connectivity index (χ1n) is 13.3. The number of hydrogen-bond acceptors (Lipinski definition) is 6. The number of methoxy groups -OCH3 is 2. The van der Waals surface area contributed by atoms with Gasteiger partial charge in [-0.1, -0.05) is 6.07 Å². The number of aromatic nitrogens is 1. The van der Waals surface area contributed by atoms with Crippen LogP contribution in [-0.4, -0.2) is 42.0 Å². The van der Waals surface area contributed by atoms with Gasteiger partial charge < -0.3 is 25.0 Å². The first-order valence-corrected chi connectivity index (χ1v) is 13.3. The summed E-state index contributed by atoms with van der Waals surface area (Å²) in [6.45, 7) is 4.08. The van der Waals surface area contributed by atoms with Crippen LogP contribution in [0.25, 0.3) is 11.3 Å². The highest BCUT2D eigenvalue weighted by Gasteiger charge is 2.33. The Bertz CT molecular complexity index is 1640. The van der Waals surface area contributed by atoms with Gasteiger partial charge in [0.1, 0.15) is 23.1 Å². The first kappa shape index (κ1) is 28.5. The minimum Gasteiger partial charge on any atom is -0.497 e. The van der Waals surface area contributed by atoms with Gasteiger partial charge in [0.15, 0.2) is 0 Å². The number of carbonyl (C=O) groups is 2. The van der Waals surface area contributed by atoms with E-state index in [-0.39, 0.29) is 42.2 Å². The van der Waals surface area contributed by atoms with Gasteiger partial charge in [0.2, 0.25) is 0 Å². The van der Waals surface area contributed by atoms with E-state index in [2.05, 4.69) is 15.6 Å². The molecular formula is C32H30F2N4O4. The van der Waals surface area contributed by atoms with Gasteiger partial charge in [-0.05, 0) is 68.4 Å². The molecule has 1 aliphatic rings. The third-order valence-electron chi connectivity index (χ3n) is 6.86. The molecule has 42 heavy (non-hydrogen) atoms. The molecule has 0 bridgehead atoms. The number of halogens is 2. The molecule has 0 unspecified atom stereocenters. The van der Waals surface area contributed by atoms with Crippen molar-refractivity contribution in [3.63, 3.8) is 0 Å². The number of pyridine rings is 1. The Balaban J connectivity index is 1.52. The molecule has 2 N–H and O–H groups in total. The van der Waals surface area contributed by atoms with Crippen LogP contribution in [-0.2, 0) is 13.1 Å². The first-order chi connectivity index (χ1) is 20.2. The third kappa shape index (κ3) is 5.74. The molecule has 0 atom stereocenters. The highest BCUT2D eigenvalue weighted by molar-refractivity contribution is 6.04. The van der Waals surface area contributed by atoms with Crippen molar-refractivity contribution >= 4 is 23.2 Å². The highest BCUT2D eigenvalue weighted by Crippen LogP contribution is 2.37. The summed E-state index contributed by atoms with van der Waals surface area (Å²) in [5.74, 6) is -0.870. The van der Waals surface area contributed by atoms with Gasteiger partial charge in [0.25, 0.3) is 11.8 Å². The lowest BCUT2D eigenvalue weighted by Gasteiger charge is -2.18. The lowest BCUT2D eigenvalue weighted by molar-refractivity contribution is 0.0765. The molecule has 0 saturated carbocycles. The summed E-state index contributed by atoms with van der Waals surface area (Å²) in [5, 5.41) is 6.05. The van der Waals surface area contributed by atoms with Gasteiger partial charge in [-0.15, -0.1) is 0 Å². The smallest absolute Gasteiger partial charge is 0.258 e. The number of hydrogen-bond donors (Lipinski definition) is 2. The van der Waals surface area contributed by atoms with Crippen molar-refractivity contribution < 1.29 is 27.8 Å². The molecular weight excluding hydrogens is 542 g/mol. The van der Waals surface area contributed by atoms with Crippen molar-refractivity contribution in [1.82, 2.24) is 15.2 Å². The summed E-state index contributed by atoms with van der Waals surface area (Å²) in [5.41, 5.74) is 2.58. The lowest BCUT2D eigenvalue weighted by Crippen LogP contribution is -2.29. The molecule has 216 valence electrons. The Kier molecular flexibility index (Phi) is 8.06. The lowest BCUT2D eigenvalue weighted by atomic mass is 10.1. The minimum absolute atomic E-state index is 0.0150. The number of anilines is 2. The van der Waals surface area contributed by atoms with Crippen LogP contribution in [0.4, 0.5) is 20.2 Å². The zero-order chi connectivity index (χ0) is 30.0. The fraction of sp³-hybridized carbons (Fsp3) is 0.219. The van der Waals surface area contributed by atoms with E-state index >= 15 is 0 Å². The van der Waals surface area contributed by atoms with Gasteiger partial charge in [-0.25, -0.2) is 13.8 Å². The van der Waals surface area contributed by atoms with E-state index in [1.165, 1.54) is 19.2 Å². The topological polar surface area (TPSA) is 92.8 Å². The number of ether oxygens (including phenoxy) is 2. The fourth-order valence-electron chi connectivity index (χ4n) is 4.85. The molecule has 3 aromatic carbocycles.